The topological polar surface area (TPSA) is 54.0 Å². The number of hydrogen-bond donors (Lipinski definition) is 2. The molecule has 0 radical (unpaired) electrons. The molecule has 0 bridgehead atoms. The van der Waals surface area contributed by atoms with Crippen molar-refractivity contribution in [3.63, 3.8) is 0 Å². The van der Waals surface area contributed by atoms with Crippen molar-refractivity contribution in [3.05, 3.63) is 88.7 Å². The number of pyridine rings is 1. The minimum Gasteiger partial charge on any atom is -0.381 e. The Morgan fingerprint density at radius 1 is 1.00 bits per heavy atom. The van der Waals surface area contributed by atoms with E-state index in [1.807, 2.05) is 38.1 Å². The molecule has 1 amide bonds. The molecule has 1 heterocycles. The molecule has 26 heavy (non-hydrogen) atoms. The molecule has 0 saturated heterocycles. The standard InChI is InChI=1S/C22H23N3O/c1-15-7-9-18(10-8-15)14-24-19-11-12-23-21(13-19)22(26)25-20-6-4-5-16(2)17(20)3/h4-13H,14H2,1-3H3,(H,23,24)(H,25,26). The van der Waals surface area contributed by atoms with Crippen molar-refractivity contribution in [2.75, 3.05) is 10.6 Å². The maximum Gasteiger partial charge on any atom is 0.274 e. The summed E-state index contributed by atoms with van der Waals surface area (Å²) in [7, 11) is 0. The highest BCUT2D eigenvalue weighted by molar-refractivity contribution is 6.03. The molecule has 0 atom stereocenters. The summed E-state index contributed by atoms with van der Waals surface area (Å²) in [6, 6.07) is 17.9. The normalized spacial score (nSPS) is 10.4. The van der Waals surface area contributed by atoms with Crippen LogP contribution in [-0.2, 0) is 6.54 Å². The summed E-state index contributed by atoms with van der Waals surface area (Å²) in [4.78, 5) is 16.7. The van der Waals surface area contributed by atoms with Gasteiger partial charge in [0.15, 0.2) is 0 Å². The van der Waals surface area contributed by atoms with E-state index in [2.05, 4.69) is 46.8 Å². The number of anilines is 2. The van der Waals surface area contributed by atoms with Crippen molar-refractivity contribution < 1.29 is 4.79 Å². The van der Waals surface area contributed by atoms with E-state index in [1.165, 1.54) is 11.1 Å². The van der Waals surface area contributed by atoms with Gasteiger partial charge in [-0.15, -0.1) is 0 Å². The first-order valence-corrected chi connectivity index (χ1v) is 8.66. The maximum absolute atomic E-state index is 12.5. The van der Waals surface area contributed by atoms with Crippen LogP contribution in [0.3, 0.4) is 0 Å². The molecule has 0 spiro atoms. The Hall–Kier alpha value is -3.14. The summed E-state index contributed by atoms with van der Waals surface area (Å²) in [6.07, 6.45) is 1.65. The van der Waals surface area contributed by atoms with E-state index in [0.29, 0.717) is 12.2 Å². The quantitative estimate of drug-likeness (QED) is 0.693. The van der Waals surface area contributed by atoms with Crippen LogP contribution in [-0.4, -0.2) is 10.9 Å². The number of nitrogens with zero attached hydrogens (tertiary/aromatic N) is 1. The van der Waals surface area contributed by atoms with Gasteiger partial charge in [0, 0.05) is 24.1 Å². The van der Waals surface area contributed by atoms with Gasteiger partial charge in [0.05, 0.1) is 0 Å². The number of carbonyl (C=O) groups excluding carboxylic acids is 1. The van der Waals surface area contributed by atoms with Gasteiger partial charge in [0.25, 0.3) is 5.91 Å². The first-order chi connectivity index (χ1) is 12.5. The smallest absolute Gasteiger partial charge is 0.274 e. The van der Waals surface area contributed by atoms with Crippen molar-refractivity contribution >= 4 is 17.3 Å². The Morgan fingerprint density at radius 3 is 2.54 bits per heavy atom. The van der Waals surface area contributed by atoms with Gasteiger partial charge >= 0.3 is 0 Å². The van der Waals surface area contributed by atoms with Crippen LogP contribution in [0, 0.1) is 20.8 Å². The Kier molecular flexibility index (Phi) is 5.32. The predicted molar refractivity (Wildman–Crippen MR) is 107 cm³/mol. The monoisotopic (exact) mass is 345 g/mol. The van der Waals surface area contributed by atoms with Gasteiger partial charge in [0.1, 0.15) is 5.69 Å². The predicted octanol–water partition coefficient (Wildman–Crippen LogP) is 4.87. The lowest BCUT2D eigenvalue weighted by Crippen LogP contribution is -2.15. The largest absolute Gasteiger partial charge is 0.381 e. The summed E-state index contributed by atoms with van der Waals surface area (Å²) in [5.74, 6) is -0.210. The lowest BCUT2D eigenvalue weighted by atomic mass is 10.1. The fourth-order valence-electron chi connectivity index (χ4n) is 2.65. The molecule has 0 aliphatic carbocycles. The van der Waals surface area contributed by atoms with Gasteiger partial charge in [-0.2, -0.15) is 0 Å². The molecule has 1 aromatic heterocycles. The Balaban J connectivity index is 1.69. The number of carbonyl (C=O) groups is 1. The molecule has 3 aromatic rings. The fourth-order valence-corrected chi connectivity index (χ4v) is 2.65. The zero-order valence-corrected chi connectivity index (χ0v) is 15.3. The number of hydrogen-bond acceptors (Lipinski definition) is 3. The van der Waals surface area contributed by atoms with Gasteiger partial charge in [-0.1, -0.05) is 42.0 Å². The second kappa shape index (κ2) is 7.83. The molecular formula is C22H23N3O. The highest BCUT2D eigenvalue weighted by atomic mass is 16.1. The first kappa shape index (κ1) is 17.7. The van der Waals surface area contributed by atoms with Crippen molar-refractivity contribution in [1.82, 2.24) is 4.98 Å². The van der Waals surface area contributed by atoms with Gasteiger partial charge in [-0.25, -0.2) is 0 Å². The summed E-state index contributed by atoms with van der Waals surface area (Å²) in [5.41, 5.74) is 6.71. The molecule has 3 rings (SSSR count). The minimum atomic E-state index is -0.210. The van der Waals surface area contributed by atoms with Crippen LogP contribution >= 0.6 is 0 Å². The molecule has 0 saturated carbocycles. The molecule has 4 heteroatoms. The highest BCUT2D eigenvalue weighted by Crippen LogP contribution is 2.19. The lowest BCUT2D eigenvalue weighted by Gasteiger charge is -2.11. The van der Waals surface area contributed by atoms with Gasteiger partial charge in [-0.3, -0.25) is 9.78 Å². The van der Waals surface area contributed by atoms with E-state index < -0.39 is 0 Å². The van der Waals surface area contributed by atoms with Gasteiger partial charge < -0.3 is 10.6 Å². The third-order valence-electron chi connectivity index (χ3n) is 4.46. The maximum atomic E-state index is 12.5. The molecule has 2 aromatic carbocycles. The minimum absolute atomic E-state index is 0.210. The van der Waals surface area contributed by atoms with Crippen LogP contribution in [0.2, 0.25) is 0 Å². The Bertz CT molecular complexity index is 917. The number of aromatic nitrogens is 1. The zero-order valence-electron chi connectivity index (χ0n) is 15.3. The second-order valence-corrected chi connectivity index (χ2v) is 6.47. The molecule has 0 unspecified atom stereocenters. The highest BCUT2D eigenvalue weighted by Gasteiger charge is 2.10. The average molecular weight is 345 g/mol. The van der Waals surface area contributed by atoms with Crippen LogP contribution in [0.15, 0.2) is 60.8 Å². The van der Waals surface area contributed by atoms with Crippen molar-refractivity contribution in [1.29, 1.82) is 0 Å². The molecule has 2 N–H and O–H groups in total. The van der Waals surface area contributed by atoms with Crippen LogP contribution < -0.4 is 10.6 Å². The van der Waals surface area contributed by atoms with E-state index >= 15 is 0 Å². The number of aryl methyl sites for hydroxylation is 2. The first-order valence-electron chi connectivity index (χ1n) is 8.66. The van der Waals surface area contributed by atoms with Crippen molar-refractivity contribution in [2.24, 2.45) is 0 Å². The summed E-state index contributed by atoms with van der Waals surface area (Å²) in [5, 5.41) is 6.29. The number of rotatable bonds is 5. The molecule has 4 nitrogen and oxygen atoms in total. The van der Waals surface area contributed by atoms with Crippen molar-refractivity contribution in [3.8, 4) is 0 Å². The van der Waals surface area contributed by atoms with Crippen molar-refractivity contribution in [2.45, 2.75) is 27.3 Å². The van der Waals surface area contributed by atoms with E-state index in [0.717, 1.165) is 22.5 Å². The number of amides is 1. The SMILES string of the molecule is Cc1ccc(CNc2ccnc(C(=O)Nc3cccc(C)c3C)c2)cc1. The molecule has 0 aliphatic heterocycles. The van der Waals surface area contributed by atoms with E-state index in [9.17, 15) is 4.79 Å². The van der Waals surface area contributed by atoms with Crippen LogP contribution in [0.25, 0.3) is 0 Å². The van der Waals surface area contributed by atoms with Crippen LogP contribution in [0.1, 0.15) is 32.7 Å². The molecule has 132 valence electrons. The third-order valence-corrected chi connectivity index (χ3v) is 4.46. The Morgan fingerprint density at radius 2 is 1.77 bits per heavy atom. The van der Waals surface area contributed by atoms with Crippen LogP contribution in [0.4, 0.5) is 11.4 Å². The van der Waals surface area contributed by atoms with Gasteiger partial charge in [-0.05, 0) is 55.7 Å². The molecule has 0 aliphatic rings. The third kappa shape index (κ3) is 4.28. The second-order valence-electron chi connectivity index (χ2n) is 6.47. The summed E-state index contributed by atoms with van der Waals surface area (Å²) < 4.78 is 0. The number of nitrogens with one attached hydrogen (secondary N) is 2. The van der Waals surface area contributed by atoms with E-state index in [4.69, 9.17) is 0 Å². The Labute approximate surface area is 154 Å². The van der Waals surface area contributed by atoms with E-state index in [1.54, 1.807) is 12.3 Å². The molecular weight excluding hydrogens is 322 g/mol. The average Bonchev–Trinajstić information content (AvgIpc) is 2.65. The molecule has 0 fully saturated rings. The van der Waals surface area contributed by atoms with E-state index in [-0.39, 0.29) is 5.91 Å². The van der Waals surface area contributed by atoms with Crippen LogP contribution in [0.5, 0.6) is 0 Å². The summed E-state index contributed by atoms with van der Waals surface area (Å²) in [6.45, 7) is 6.79. The van der Waals surface area contributed by atoms with Gasteiger partial charge in [0.2, 0.25) is 0 Å². The number of benzene rings is 2. The summed E-state index contributed by atoms with van der Waals surface area (Å²) >= 11 is 0. The zero-order chi connectivity index (χ0) is 18.5. The lowest BCUT2D eigenvalue weighted by molar-refractivity contribution is 0.102. The fraction of sp³-hybridized carbons (Fsp3) is 0.182.